The number of sulfone groups is 1. The van der Waals surface area contributed by atoms with E-state index in [1.54, 1.807) is 48.5 Å². The maximum Gasteiger partial charge on any atom is 0.187 e. The van der Waals surface area contributed by atoms with E-state index in [0.717, 1.165) is 5.41 Å². The van der Waals surface area contributed by atoms with Gasteiger partial charge in [-0.15, -0.1) is 0 Å². The van der Waals surface area contributed by atoms with Crippen molar-refractivity contribution in [2.45, 2.75) is 5.75 Å². The number of hydrogen-bond acceptors (Lipinski definition) is 9. The second kappa shape index (κ2) is 13.0. The van der Waals surface area contributed by atoms with Gasteiger partial charge in [0.05, 0.1) is 45.4 Å². The number of methoxy groups -OCH3 is 4. The van der Waals surface area contributed by atoms with Crippen molar-refractivity contribution in [3.8, 4) is 23.0 Å². The quantitative estimate of drug-likeness (QED) is 0.238. The number of anilines is 1. The number of halogens is 1. The smallest absolute Gasteiger partial charge is 0.187 e. The molecule has 38 heavy (non-hydrogen) atoms. The number of benzene rings is 2. The van der Waals surface area contributed by atoms with Gasteiger partial charge in [0.2, 0.25) is 0 Å². The van der Waals surface area contributed by atoms with Crippen molar-refractivity contribution in [1.29, 1.82) is 0 Å². The summed E-state index contributed by atoms with van der Waals surface area (Å²) in [7, 11) is 2.15. The van der Waals surface area contributed by atoms with Crippen molar-refractivity contribution in [2.24, 2.45) is 0 Å². The van der Waals surface area contributed by atoms with Gasteiger partial charge in [-0.05, 0) is 42.5 Å². The molecule has 3 rings (SSSR count). The van der Waals surface area contributed by atoms with E-state index in [4.69, 9.17) is 30.5 Å². The van der Waals surface area contributed by atoms with Crippen LogP contribution in [0, 0.1) is 0 Å². The Kier molecular flexibility index (Phi) is 9.75. The van der Waals surface area contributed by atoms with Crippen LogP contribution < -0.4 is 24.3 Å². The molecule has 1 N–H and O–H groups in total. The molecule has 0 aliphatic heterocycles. The summed E-state index contributed by atoms with van der Waals surface area (Å²) >= 11 is 5.86. The van der Waals surface area contributed by atoms with Crippen molar-refractivity contribution < 1.29 is 32.2 Å². The second-order valence-electron chi connectivity index (χ2n) is 7.76. The van der Waals surface area contributed by atoms with Crippen LogP contribution in [-0.2, 0) is 15.6 Å². The lowest BCUT2D eigenvalue weighted by Gasteiger charge is -2.12. The highest BCUT2D eigenvalue weighted by atomic mass is 35.5. The third-order valence-electron chi connectivity index (χ3n) is 5.26. The Morgan fingerprint density at radius 3 is 2.13 bits per heavy atom. The zero-order valence-electron chi connectivity index (χ0n) is 21.2. The molecule has 11 heteroatoms. The number of carbonyl (C=O) groups is 1. The summed E-state index contributed by atoms with van der Waals surface area (Å²) < 4.78 is 47.0. The van der Waals surface area contributed by atoms with Gasteiger partial charge in [0.1, 0.15) is 17.2 Å². The van der Waals surface area contributed by atoms with Crippen molar-refractivity contribution in [2.75, 3.05) is 33.8 Å². The van der Waals surface area contributed by atoms with E-state index in [9.17, 15) is 13.2 Å². The molecule has 0 bridgehead atoms. The van der Waals surface area contributed by atoms with E-state index in [1.165, 1.54) is 46.8 Å². The minimum atomic E-state index is -3.75. The summed E-state index contributed by atoms with van der Waals surface area (Å²) in [5, 5.41) is 4.48. The average molecular weight is 559 g/mol. The lowest BCUT2D eigenvalue weighted by molar-refractivity contribution is 0.104. The van der Waals surface area contributed by atoms with Crippen molar-refractivity contribution >= 4 is 39.1 Å². The highest BCUT2D eigenvalue weighted by Crippen LogP contribution is 2.35. The number of hydrogen-bond donors (Lipinski definition) is 1. The standard InChI is InChI=1S/C27H27ClN2O7S/c1-34-21-15-25(36-3)22(26(16-21)37-4)12-14-38(32,33)17-20-9-10-24(35-2)27(30-20)29-13-11-23(31)18-5-7-19(28)8-6-18/h5-16H,17H2,1-4H3,(H,29,30)/b13-11+,14-12+. The Labute approximate surface area is 226 Å². The summed E-state index contributed by atoms with van der Waals surface area (Å²) in [4.78, 5) is 16.7. The van der Waals surface area contributed by atoms with Crippen LogP contribution in [0.3, 0.4) is 0 Å². The Morgan fingerprint density at radius 2 is 1.55 bits per heavy atom. The molecule has 0 spiro atoms. The molecule has 0 radical (unpaired) electrons. The van der Waals surface area contributed by atoms with Crippen LogP contribution in [-0.4, -0.2) is 47.6 Å². The van der Waals surface area contributed by atoms with Crippen LogP contribution in [0.2, 0.25) is 5.02 Å². The number of allylic oxidation sites excluding steroid dienone is 1. The van der Waals surface area contributed by atoms with Crippen molar-refractivity contribution in [1.82, 2.24) is 4.98 Å². The topological polar surface area (TPSA) is 113 Å². The maximum atomic E-state index is 12.9. The lowest BCUT2D eigenvalue weighted by atomic mass is 10.1. The first-order chi connectivity index (χ1) is 18.2. The molecular formula is C27H27ClN2O7S. The minimum Gasteiger partial charge on any atom is -0.496 e. The normalized spacial score (nSPS) is 11.5. The molecule has 200 valence electrons. The number of nitrogens with zero attached hydrogens (tertiary/aromatic N) is 1. The first-order valence-electron chi connectivity index (χ1n) is 11.2. The van der Waals surface area contributed by atoms with E-state index < -0.39 is 9.84 Å². The van der Waals surface area contributed by atoms with E-state index in [1.807, 2.05) is 0 Å². The van der Waals surface area contributed by atoms with Gasteiger partial charge in [-0.3, -0.25) is 4.79 Å². The van der Waals surface area contributed by atoms with E-state index in [2.05, 4.69) is 10.3 Å². The van der Waals surface area contributed by atoms with Crippen LogP contribution in [0.25, 0.3) is 6.08 Å². The summed E-state index contributed by atoms with van der Waals surface area (Å²) in [5.41, 5.74) is 1.17. The third kappa shape index (κ3) is 7.50. The molecule has 1 aromatic heterocycles. The van der Waals surface area contributed by atoms with Crippen molar-refractivity contribution in [3.05, 3.63) is 88.1 Å². The summed E-state index contributed by atoms with van der Waals surface area (Å²) in [6.45, 7) is 0. The van der Waals surface area contributed by atoms with E-state index >= 15 is 0 Å². The van der Waals surface area contributed by atoms with E-state index in [-0.39, 0.29) is 23.0 Å². The zero-order chi connectivity index (χ0) is 27.7. The molecule has 0 saturated carbocycles. The highest BCUT2D eigenvalue weighted by molar-refractivity contribution is 7.93. The molecule has 0 atom stereocenters. The molecule has 1 heterocycles. The lowest BCUT2D eigenvalue weighted by Crippen LogP contribution is -2.05. The van der Waals surface area contributed by atoms with Gasteiger partial charge in [-0.25, -0.2) is 13.4 Å². The van der Waals surface area contributed by atoms with Gasteiger partial charge in [0.25, 0.3) is 0 Å². The van der Waals surface area contributed by atoms with Crippen LogP contribution >= 0.6 is 11.6 Å². The molecule has 3 aromatic rings. The number of rotatable bonds is 12. The fourth-order valence-corrected chi connectivity index (χ4v) is 4.50. The number of pyridine rings is 1. The van der Waals surface area contributed by atoms with Gasteiger partial charge >= 0.3 is 0 Å². The van der Waals surface area contributed by atoms with Crippen LogP contribution in [0.15, 0.2) is 66.2 Å². The number of aromatic nitrogens is 1. The molecule has 2 aromatic carbocycles. The average Bonchev–Trinajstić information content (AvgIpc) is 2.91. The van der Waals surface area contributed by atoms with Gasteiger partial charge in [0.15, 0.2) is 27.2 Å². The monoisotopic (exact) mass is 558 g/mol. The number of carbonyl (C=O) groups excluding carboxylic acids is 1. The van der Waals surface area contributed by atoms with Gasteiger partial charge in [0, 0.05) is 40.4 Å². The molecule has 0 fully saturated rings. The number of ether oxygens (including phenoxy) is 4. The largest absolute Gasteiger partial charge is 0.496 e. The molecular weight excluding hydrogens is 532 g/mol. The fourth-order valence-electron chi connectivity index (χ4n) is 3.36. The Bertz CT molecular complexity index is 1430. The van der Waals surface area contributed by atoms with Gasteiger partial charge in [-0.2, -0.15) is 0 Å². The summed E-state index contributed by atoms with van der Waals surface area (Å²) in [6.07, 6.45) is 4.13. The Hall–Kier alpha value is -4.02. The summed E-state index contributed by atoms with van der Waals surface area (Å²) in [5.74, 6) is 1.28. The van der Waals surface area contributed by atoms with Crippen LogP contribution in [0.1, 0.15) is 21.6 Å². The van der Waals surface area contributed by atoms with Gasteiger partial charge in [-0.1, -0.05) is 11.6 Å². The third-order valence-corrected chi connectivity index (χ3v) is 6.76. The minimum absolute atomic E-state index is 0.249. The predicted octanol–water partition coefficient (Wildman–Crippen LogP) is 5.16. The van der Waals surface area contributed by atoms with Gasteiger partial charge < -0.3 is 24.3 Å². The first-order valence-corrected chi connectivity index (χ1v) is 13.3. The molecule has 0 amide bonds. The highest BCUT2D eigenvalue weighted by Gasteiger charge is 2.15. The Morgan fingerprint density at radius 1 is 0.921 bits per heavy atom. The zero-order valence-corrected chi connectivity index (χ0v) is 22.8. The molecule has 0 aliphatic rings. The molecule has 0 saturated heterocycles. The molecule has 0 aliphatic carbocycles. The van der Waals surface area contributed by atoms with Crippen LogP contribution in [0.5, 0.6) is 23.0 Å². The molecule has 0 unspecified atom stereocenters. The fraction of sp³-hybridized carbons (Fsp3) is 0.185. The Balaban J connectivity index is 1.78. The number of ketones is 1. The van der Waals surface area contributed by atoms with E-state index in [0.29, 0.717) is 39.1 Å². The second-order valence-corrected chi connectivity index (χ2v) is 10.1. The molecule has 9 nitrogen and oxygen atoms in total. The van der Waals surface area contributed by atoms with Crippen molar-refractivity contribution in [3.63, 3.8) is 0 Å². The van der Waals surface area contributed by atoms with Crippen LogP contribution in [0.4, 0.5) is 5.82 Å². The predicted molar refractivity (Wildman–Crippen MR) is 147 cm³/mol. The first kappa shape index (κ1) is 28.5. The number of nitrogens with one attached hydrogen (secondary N) is 1. The maximum absolute atomic E-state index is 12.9. The SMILES string of the molecule is COc1cc(OC)c(/C=C/S(=O)(=O)Cc2ccc(OC)c(N/C=C/C(=O)c3ccc(Cl)cc3)n2)c(OC)c1. The summed E-state index contributed by atoms with van der Waals surface area (Å²) in [6, 6.07) is 12.9.